The summed E-state index contributed by atoms with van der Waals surface area (Å²) in [7, 11) is 0. The lowest BCUT2D eigenvalue weighted by Gasteiger charge is -2.29. The molecule has 0 fully saturated rings. The van der Waals surface area contributed by atoms with Crippen molar-refractivity contribution >= 4 is 55.9 Å². The van der Waals surface area contributed by atoms with E-state index in [1.54, 1.807) is 12.1 Å². The molecule has 0 atom stereocenters. The number of benzene rings is 7. The van der Waals surface area contributed by atoms with Crippen molar-refractivity contribution in [2.24, 2.45) is 0 Å². The Morgan fingerprint density at radius 3 is 1.03 bits per heavy atom. The fraction of sp³-hybridized carbons (Fsp3) is 0.0455. The lowest BCUT2D eigenvalue weighted by atomic mass is 10.1. The molecule has 0 unspecified atom stereocenters. The Bertz CT molecular complexity index is 2650. The van der Waals surface area contributed by atoms with E-state index in [0.717, 1.165) is 75.2 Å². The van der Waals surface area contributed by atoms with Crippen molar-refractivity contribution in [3.05, 3.63) is 186 Å². The molecule has 0 radical (unpaired) electrons. The molecule has 0 amide bonds. The molecule has 8 aromatic rings. The van der Waals surface area contributed by atoms with Crippen molar-refractivity contribution in [2.75, 3.05) is 9.80 Å². The standard InChI is InChI=1S/C44H24F11N3/c45-37-38(46)40(48)42(41(49)39(37)47)57(31-21-23-32(24-22-31)58-35-7-3-1-5-33(35)34-6-2-4-8-36(34)58)30-19-17-29(18-20-30)56(27-13-9-25(10-14-27)43(50,51)52)28-15-11-26(12-16-28)44(53,54)55/h1-24H. The van der Waals surface area contributed by atoms with E-state index < -0.39 is 58.3 Å². The number of alkyl halides is 6. The molecule has 0 spiro atoms. The zero-order valence-corrected chi connectivity index (χ0v) is 29.4. The lowest BCUT2D eigenvalue weighted by molar-refractivity contribution is -0.138. The van der Waals surface area contributed by atoms with Gasteiger partial charge in [-0.15, -0.1) is 0 Å². The smallest absolute Gasteiger partial charge is 0.311 e. The largest absolute Gasteiger partial charge is 0.416 e. The highest BCUT2D eigenvalue weighted by Crippen LogP contribution is 2.44. The van der Waals surface area contributed by atoms with E-state index in [9.17, 15) is 39.5 Å². The molecule has 8 rings (SSSR count). The molecular weight excluding hydrogens is 779 g/mol. The quantitative estimate of drug-likeness (QED) is 0.0903. The Morgan fingerprint density at radius 2 is 0.655 bits per heavy atom. The van der Waals surface area contributed by atoms with Crippen molar-refractivity contribution in [1.82, 2.24) is 4.57 Å². The molecule has 0 saturated heterocycles. The first-order valence-electron chi connectivity index (χ1n) is 17.3. The van der Waals surface area contributed by atoms with E-state index in [4.69, 9.17) is 0 Å². The Hall–Kier alpha value is -6.83. The molecule has 0 aliphatic carbocycles. The number of hydrogen-bond donors (Lipinski definition) is 0. The average Bonchev–Trinajstić information content (AvgIpc) is 3.56. The zero-order chi connectivity index (χ0) is 41.1. The number of hydrogen-bond acceptors (Lipinski definition) is 2. The zero-order valence-electron chi connectivity index (χ0n) is 29.4. The van der Waals surface area contributed by atoms with E-state index in [1.807, 2.05) is 53.1 Å². The van der Waals surface area contributed by atoms with Crippen molar-refractivity contribution in [2.45, 2.75) is 12.4 Å². The first kappa shape index (κ1) is 38.1. The van der Waals surface area contributed by atoms with Crippen LogP contribution in [0.4, 0.5) is 82.4 Å². The van der Waals surface area contributed by atoms with Gasteiger partial charge in [-0.05, 0) is 109 Å². The number of halogens is 11. The second-order valence-electron chi connectivity index (χ2n) is 13.1. The summed E-state index contributed by atoms with van der Waals surface area (Å²) >= 11 is 0. The minimum absolute atomic E-state index is 0.0252. The Morgan fingerprint density at radius 1 is 0.345 bits per heavy atom. The van der Waals surface area contributed by atoms with Crippen LogP contribution in [0.5, 0.6) is 0 Å². The van der Waals surface area contributed by atoms with Crippen LogP contribution < -0.4 is 9.80 Å². The highest BCUT2D eigenvalue weighted by atomic mass is 19.4. The number of nitrogens with zero attached hydrogens (tertiary/aromatic N) is 3. The molecule has 0 saturated carbocycles. The van der Waals surface area contributed by atoms with Gasteiger partial charge < -0.3 is 14.4 Å². The van der Waals surface area contributed by atoms with Gasteiger partial charge in [0.05, 0.1) is 22.2 Å². The van der Waals surface area contributed by atoms with Crippen molar-refractivity contribution in [1.29, 1.82) is 0 Å². The predicted octanol–water partition coefficient (Wildman–Crippen LogP) is 14.5. The summed E-state index contributed by atoms with van der Waals surface area (Å²) in [6.07, 6.45) is -9.37. The third-order valence-electron chi connectivity index (χ3n) is 9.63. The maximum atomic E-state index is 15.6. The summed E-state index contributed by atoms with van der Waals surface area (Å²) in [6.45, 7) is 0. The first-order valence-corrected chi connectivity index (χ1v) is 17.3. The predicted molar refractivity (Wildman–Crippen MR) is 200 cm³/mol. The number of aromatic nitrogens is 1. The molecule has 58 heavy (non-hydrogen) atoms. The number of rotatable bonds is 7. The normalized spacial score (nSPS) is 12.1. The van der Waals surface area contributed by atoms with Crippen molar-refractivity contribution in [3.63, 3.8) is 0 Å². The minimum Gasteiger partial charge on any atom is -0.311 e. The second-order valence-corrected chi connectivity index (χ2v) is 13.1. The Kier molecular flexibility index (Phi) is 9.37. The SMILES string of the molecule is Fc1c(F)c(F)c(N(c2ccc(N(c3ccc(C(F)(F)F)cc3)c3ccc(C(F)(F)F)cc3)cc2)c2ccc(-n3c4ccccc4c4ccccc43)cc2)c(F)c1F. The van der Waals surface area contributed by atoms with Gasteiger partial charge in [-0.3, -0.25) is 0 Å². The molecule has 1 heterocycles. The van der Waals surface area contributed by atoms with Crippen LogP contribution in [0.15, 0.2) is 146 Å². The summed E-state index contributed by atoms with van der Waals surface area (Å²) in [6, 6.07) is 34.0. The molecule has 3 nitrogen and oxygen atoms in total. The maximum absolute atomic E-state index is 15.6. The first-order chi connectivity index (χ1) is 27.6. The molecule has 0 aliphatic rings. The maximum Gasteiger partial charge on any atom is 0.416 e. The molecule has 7 aromatic carbocycles. The summed E-state index contributed by atoms with van der Waals surface area (Å²) in [5.74, 6) is -11.0. The summed E-state index contributed by atoms with van der Waals surface area (Å²) in [4.78, 5) is 2.14. The van der Waals surface area contributed by atoms with Gasteiger partial charge in [0, 0.05) is 44.9 Å². The monoisotopic (exact) mass is 803 g/mol. The fourth-order valence-electron chi connectivity index (χ4n) is 6.95. The van der Waals surface area contributed by atoms with Crippen LogP contribution >= 0.6 is 0 Å². The highest BCUT2D eigenvalue weighted by molar-refractivity contribution is 6.09. The van der Waals surface area contributed by atoms with Gasteiger partial charge in [0.1, 0.15) is 5.69 Å². The topological polar surface area (TPSA) is 11.4 Å². The van der Waals surface area contributed by atoms with Crippen LogP contribution in [0, 0.1) is 29.1 Å². The number of para-hydroxylation sites is 2. The van der Waals surface area contributed by atoms with Crippen LogP contribution in [0.3, 0.4) is 0 Å². The lowest BCUT2D eigenvalue weighted by Crippen LogP contribution is -2.17. The van der Waals surface area contributed by atoms with Gasteiger partial charge in [-0.2, -0.15) is 26.3 Å². The second kappa shape index (κ2) is 14.3. The third-order valence-corrected chi connectivity index (χ3v) is 9.63. The van der Waals surface area contributed by atoms with Gasteiger partial charge in [-0.1, -0.05) is 36.4 Å². The van der Waals surface area contributed by atoms with Gasteiger partial charge in [0.15, 0.2) is 23.3 Å². The fourth-order valence-corrected chi connectivity index (χ4v) is 6.95. The average molecular weight is 804 g/mol. The van der Waals surface area contributed by atoms with Gasteiger partial charge >= 0.3 is 12.4 Å². The van der Waals surface area contributed by atoms with E-state index in [1.165, 1.54) is 41.3 Å². The number of fused-ring (bicyclic) bond motifs is 3. The Labute approximate surface area is 322 Å². The van der Waals surface area contributed by atoms with Crippen molar-refractivity contribution in [3.8, 4) is 5.69 Å². The molecule has 292 valence electrons. The summed E-state index contributed by atoms with van der Waals surface area (Å²) in [5, 5.41) is 1.90. The van der Waals surface area contributed by atoms with E-state index in [-0.39, 0.29) is 28.4 Å². The van der Waals surface area contributed by atoms with E-state index in [0.29, 0.717) is 5.69 Å². The molecule has 0 N–H and O–H groups in total. The van der Waals surface area contributed by atoms with Gasteiger partial charge in [-0.25, -0.2) is 22.0 Å². The van der Waals surface area contributed by atoms with Gasteiger partial charge in [0.2, 0.25) is 5.82 Å². The van der Waals surface area contributed by atoms with Crippen LogP contribution in [-0.4, -0.2) is 4.57 Å². The van der Waals surface area contributed by atoms with Crippen LogP contribution in [-0.2, 0) is 12.4 Å². The highest BCUT2D eigenvalue weighted by Gasteiger charge is 2.33. The molecule has 1 aromatic heterocycles. The Balaban J connectivity index is 1.26. The van der Waals surface area contributed by atoms with Crippen LogP contribution in [0.2, 0.25) is 0 Å². The molecule has 14 heteroatoms. The van der Waals surface area contributed by atoms with Crippen LogP contribution in [0.1, 0.15) is 11.1 Å². The van der Waals surface area contributed by atoms with E-state index in [2.05, 4.69) is 0 Å². The van der Waals surface area contributed by atoms with E-state index >= 15 is 8.78 Å². The minimum atomic E-state index is -4.69. The summed E-state index contributed by atoms with van der Waals surface area (Å²) < 4.78 is 158. The van der Waals surface area contributed by atoms with Crippen LogP contribution in [0.25, 0.3) is 27.5 Å². The summed E-state index contributed by atoms with van der Waals surface area (Å²) in [5.41, 5.74) is -0.766. The number of anilines is 6. The molecule has 0 bridgehead atoms. The molecular formula is C44H24F11N3. The third kappa shape index (κ3) is 6.63. The van der Waals surface area contributed by atoms with Crippen molar-refractivity contribution < 1.29 is 48.3 Å². The molecule has 0 aliphatic heterocycles. The van der Waals surface area contributed by atoms with Gasteiger partial charge in [0.25, 0.3) is 0 Å².